The number of nitrogens with one attached hydrogen (secondary N) is 3. The van der Waals surface area contributed by atoms with Crippen molar-refractivity contribution in [2.45, 2.75) is 0 Å². The minimum absolute atomic E-state index is 0.292. The highest BCUT2D eigenvalue weighted by atomic mass is 35.5. The van der Waals surface area contributed by atoms with Gasteiger partial charge in [-0.15, -0.1) is 0 Å². The maximum atomic E-state index is 12.3. The number of halogens is 2. The topological polar surface area (TPSA) is 97.4 Å². The van der Waals surface area contributed by atoms with Crippen LogP contribution in [0.4, 0.5) is 17.5 Å². The van der Waals surface area contributed by atoms with Gasteiger partial charge < -0.3 is 25.4 Å². The van der Waals surface area contributed by atoms with Crippen molar-refractivity contribution in [3.8, 4) is 5.75 Å². The first-order valence-corrected chi connectivity index (χ1v) is 8.37. The predicted molar refractivity (Wildman–Crippen MR) is 102 cm³/mol. The lowest BCUT2D eigenvalue weighted by Crippen LogP contribution is -2.27. The average Bonchev–Trinajstić information content (AvgIpc) is 2.64. The first kappa shape index (κ1) is 20.0. The van der Waals surface area contributed by atoms with E-state index < -0.39 is 0 Å². The second-order valence-electron chi connectivity index (χ2n) is 5.05. The number of rotatable bonds is 8. The Labute approximate surface area is 161 Å². The highest BCUT2D eigenvalue weighted by Gasteiger charge is 2.16. The van der Waals surface area contributed by atoms with Gasteiger partial charge in [0.15, 0.2) is 0 Å². The molecule has 0 fully saturated rings. The third kappa shape index (κ3) is 4.87. The van der Waals surface area contributed by atoms with Crippen LogP contribution in [0.3, 0.4) is 0 Å². The fourth-order valence-electron chi connectivity index (χ4n) is 2.08. The van der Waals surface area contributed by atoms with E-state index in [1.807, 2.05) is 0 Å². The number of hydrogen-bond acceptors (Lipinski definition) is 7. The number of carbonyl (C=O) groups is 1. The molecule has 1 amide bonds. The number of amides is 1. The van der Waals surface area contributed by atoms with E-state index in [2.05, 4.69) is 25.9 Å². The van der Waals surface area contributed by atoms with Crippen LogP contribution in [-0.4, -0.2) is 50.3 Å². The average molecular weight is 400 g/mol. The Morgan fingerprint density at radius 2 is 2.00 bits per heavy atom. The van der Waals surface area contributed by atoms with Gasteiger partial charge in [-0.1, -0.05) is 23.2 Å². The Morgan fingerprint density at radius 1 is 1.23 bits per heavy atom. The van der Waals surface area contributed by atoms with Crippen LogP contribution in [0.5, 0.6) is 5.75 Å². The predicted octanol–water partition coefficient (Wildman–Crippen LogP) is 2.95. The maximum Gasteiger partial charge on any atom is 0.255 e. The van der Waals surface area contributed by atoms with Crippen molar-refractivity contribution in [1.29, 1.82) is 0 Å². The second kappa shape index (κ2) is 9.42. The lowest BCUT2D eigenvalue weighted by atomic mass is 10.1. The van der Waals surface area contributed by atoms with Crippen LogP contribution in [0, 0.1) is 0 Å². The Bertz CT molecular complexity index is 789. The van der Waals surface area contributed by atoms with E-state index in [0.717, 1.165) is 0 Å². The zero-order chi connectivity index (χ0) is 19.1. The molecule has 2 aromatic rings. The Balaban J connectivity index is 2.26. The highest BCUT2D eigenvalue weighted by molar-refractivity contribution is 6.34. The number of nitrogens with zero attached hydrogens (tertiary/aromatic N) is 2. The maximum absolute atomic E-state index is 12.3. The molecule has 0 aliphatic heterocycles. The van der Waals surface area contributed by atoms with Crippen molar-refractivity contribution >= 4 is 46.6 Å². The van der Waals surface area contributed by atoms with Crippen molar-refractivity contribution in [2.24, 2.45) is 0 Å². The molecule has 0 saturated carbocycles. The lowest BCUT2D eigenvalue weighted by Gasteiger charge is -2.14. The molecule has 3 N–H and O–H groups in total. The van der Waals surface area contributed by atoms with Crippen LogP contribution in [0.25, 0.3) is 0 Å². The molecule has 1 aromatic carbocycles. The smallest absolute Gasteiger partial charge is 0.255 e. The molecule has 0 radical (unpaired) electrons. The molecule has 0 bridgehead atoms. The Hall–Kier alpha value is -2.29. The molecule has 1 heterocycles. The Morgan fingerprint density at radius 3 is 2.65 bits per heavy atom. The molecule has 0 unspecified atom stereocenters. The molecular weight excluding hydrogens is 381 g/mol. The summed E-state index contributed by atoms with van der Waals surface area (Å²) in [5, 5.41) is 9.27. The van der Waals surface area contributed by atoms with Crippen molar-refractivity contribution in [3.63, 3.8) is 0 Å². The van der Waals surface area contributed by atoms with Gasteiger partial charge >= 0.3 is 0 Å². The number of ether oxygens (including phenoxy) is 2. The summed E-state index contributed by atoms with van der Waals surface area (Å²) in [6.07, 6.45) is 1.46. The van der Waals surface area contributed by atoms with Crippen molar-refractivity contribution in [1.82, 2.24) is 15.3 Å². The van der Waals surface area contributed by atoms with Gasteiger partial charge in [0.2, 0.25) is 5.95 Å². The minimum Gasteiger partial charge on any atom is -0.496 e. The fraction of sp³-hybridized carbons (Fsp3) is 0.312. The molecule has 1 aromatic heterocycles. The van der Waals surface area contributed by atoms with Gasteiger partial charge in [-0.3, -0.25) is 4.79 Å². The molecule has 2 rings (SSSR count). The van der Waals surface area contributed by atoms with Gasteiger partial charge in [-0.05, 0) is 6.07 Å². The summed E-state index contributed by atoms with van der Waals surface area (Å²) in [5.74, 6) is 0.809. The van der Waals surface area contributed by atoms with Crippen LogP contribution in [0.2, 0.25) is 10.0 Å². The van der Waals surface area contributed by atoms with Crippen molar-refractivity contribution in [3.05, 3.63) is 33.9 Å². The molecule has 10 heteroatoms. The van der Waals surface area contributed by atoms with Crippen LogP contribution in [0.1, 0.15) is 10.4 Å². The normalized spacial score (nSPS) is 10.3. The summed E-state index contributed by atoms with van der Waals surface area (Å²) in [4.78, 5) is 20.6. The highest BCUT2D eigenvalue weighted by Crippen LogP contribution is 2.32. The van der Waals surface area contributed by atoms with Crippen LogP contribution in [0.15, 0.2) is 18.3 Å². The summed E-state index contributed by atoms with van der Waals surface area (Å²) < 4.78 is 10.2. The molecule has 0 aliphatic rings. The van der Waals surface area contributed by atoms with E-state index in [1.54, 1.807) is 20.2 Å². The quantitative estimate of drug-likeness (QED) is 0.586. The van der Waals surface area contributed by atoms with E-state index in [1.165, 1.54) is 19.4 Å². The minimum atomic E-state index is -0.312. The summed E-state index contributed by atoms with van der Waals surface area (Å²) in [5.41, 5.74) is 0.799. The van der Waals surface area contributed by atoms with E-state index >= 15 is 0 Å². The van der Waals surface area contributed by atoms with Crippen LogP contribution < -0.4 is 20.7 Å². The molecule has 0 aliphatic carbocycles. The van der Waals surface area contributed by atoms with E-state index in [0.29, 0.717) is 52.0 Å². The monoisotopic (exact) mass is 399 g/mol. The molecule has 0 spiro atoms. The van der Waals surface area contributed by atoms with Gasteiger partial charge in [-0.25, -0.2) is 4.98 Å². The third-order valence-electron chi connectivity index (χ3n) is 3.35. The number of methoxy groups -OCH3 is 2. The van der Waals surface area contributed by atoms with Gasteiger partial charge in [0.25, 0.3) is 5.91 Å². The zero-order valence-corrected chi connectivity index (χ0v) is 16.0. The van der Waals surface area contributed by atoms with Crippen molar-refractivity contribution in [2.75, 3.05) is 45.1 Å². The number of hydrogen-bond donors (Lipinski definition) is 3. The molecule has 140 valence electrons. The largest absolute Gasteiger partial charge is 0.496 e. The standard InChI is InChI=1S/C16H19Cl2N5O3/c1-19-14-11(18)8-21-16(23-14)22-12-7-13(26-3)9(6-10(12)17)15(24)20-4-5-25-2/h6-8H,4-5H2,1-3H3,(H,20,24)(H2,19,21,22,23). The first-order valence-electron chi connectivity index (χ1n) is 7.62. The van der Waals surface area contributed by atoms with E-state index in [9.17, 15) is 4.79 Å². The molecule has 8 nitrogen and oxygen atoms in total. The summed E-state index contributed by atoms with van der Waals surface area (Å²) in [6.45, 7) is 0.782. The number of benzene rings is 1. The summed E-state index contributed by atoms with van der Waals surface area (Å²) in [6, 6.07) is 3.12. The van der Waals surface area contributed by atoms with Gasteiger partial charge in [0.1, 0.15) is 16.6 Å². The first-order chi connectivity index (χ1) is 12.5. The third-order valence-corrected chi connectivity index (χ3v) is 3.94. The molecule has 0 atom stereocenters. The SMILES string of the molecule is CNc1nc(Nc2cc(OC)c(C(=O)NCCOC)cc2Cl)ncc1Cl. The van der Waals surface area contributed by atoms with E-state index in [4.69, 9.17) is 32.7 Å². The fourth-order valence-corrected chi connectivity index (χ4v) is 2.48. The number of aromatic nitrogens is 2. The van der Waals surface area contributed by atoms with Crippen LogP contribution in [-0.2, 0) is 4.74 Å². The van der Waals surface area contributed by atoms with Gasteiger partial charge in [-0.2, -0.15) is 4.98 Å². The van der Waals surface area contributed by atoms with Gasteiger partial charge in [0, 0.05) is 26.8 Å². The second-order valence-corrected chi connectivity index (χ2v) is 5.86. The summed E-state index contributed by atoms with van der Waals surface area (Å²) >= 11 is 12.3. The molecule has 26 heavy (non-hydrogen) atoms. The number of carbonyl (C=O) groups excluding carboxylic acids is 1. The Kier molecular flexibility index (Phi) is 7.26. The van der Waals surface area contributed by atoms with E-state index in [-0.39, 0.29) is 5.91 Å². The molecular formula is C16H19Cl2N5O3. The summed E-state index contributed by atoms with van der Waals surface area (Å²) in [7, 11) is 4.73. The number of anilines is 3. The molecule has 0 saturated heterocycles. The zero-order valence-electron chi connectivity index (χ0n) is 14.5. The van der Waals surface area contributed by atoms with Crippen molar-refractivity contribution < 1.29 is 14.3 Å². The van der Waals surface area contributed by atoms with Gasteiger partial charge in [0.05, 0.1) is 36.2 Å². The lowest BCUT2D eigenvalue weighted by molar-refractivity contribution is 0.0934. The van der Waals surface area contributed by atoms with Crippen LogP contribution >= 0.6 is 23.2 Å².